The maximum absolute atomic E-state index is 10.7. The molecule has 8 nitrogen and oxygen atoms in total. The van der Waals surface area contributed by atoms with Gasteiger partial charge in [0.1, 0.15) is 28.0 Å². The first-order valence-corrected chi connectivity index (χ1v) is 17.6. The molecule has 0 aromatic heterocycles. The van der Waals surface area contributed by atoms with E-state index in [2.05, 4.69) is 83.1 Å². The summed E-state index contributed by atoms with van der Waals surface area (Å²) in [7, 11) is -6.37. The molecular formula is C34H56NiO8P2. The van der Waals surface area contributed by atoms with Gasteiger partial charge in [-0.15, -0.1) is 0 Å². The largest absolute Gasteiger partial charge is 2.00 e. The van der Waals surface area contributed by atoms with E-state index in [1.165, 1.54) is 0 Å². The molecule has 0 aliphatic carbocycles. The van der Waals surface area contributed by atoms with Crippen molar-refractivity contribution in [1.29, 1.82) is 0 Å². The fraction of sp³-hybridized carbons (Fsp3) is 0.647. The maximum atomic E-state index is 10.7. The fourth-order valence-corrected chi connectivity index (χ4v) is 5.81. The fourth-order valence-electron chi connectivity index (χ4n) is 4.99. The summed E-state index contributed by atoms with van der Waals surface area (Å²) in [5.74, 6) is 0.657. The van der Waals surface area contributed by atoms with Crippen LogP contribution in [0.25, 0.3) is 0 Å². The van der Waals surface area contributed by atoms with Gasteiger partial charge in [0.25, 0.3) is 0 Å². The molecule has 4 unspecified atom stereocenters. The molecule has 2 aromatic carbocycles. The summed E-state index contributed by atoms with van der Waals surface area (Å²) in [5.41, 5.74) is 4.65. The van der Waals surface area contributed by atoms with Crippen molar-refractivity contribution >= 4 is 16.5 Å². The molecule has 11 heteroatoms. The van der Waals surface area contributed by atoms with Crippen molar-refractivity contribution in [2.24, 2.45) is 0 Å². The van der Waals surface area contributed by atoms with Gasteiger partial charge in [-0.1, -0.05) is 107 Å². The topological polar surface area (TPSA) is 139 Å². The van der Waals surface area contributed by atoms with Crippen LogP contribution in [0, 0.1) is 0 Å². The maximum Gasteiger partial charge on any atom is 2.00 e. The smallest absolute Gasteiger partial charge is 0.781 e. The van der Waals surface area contributed by atoms with Crippen molar-refractivity contribution in [2.45, 2.75) is 144 Å². The molecule has 0 fully saturated rings. The predicted molar refractivity (Wildman–Crippen MR) is 178 cm³/mol. The molecule has 2 N–H and O–H groups in total. The van der Waals surface area contributed by atoms with E-state index in [9.17, 15) is 29.1 Å². The Morgan fingerprint density at radius 3 is 0.933 bits per heavy atom. The molecule has 0 amide bonds. The number of rotatable bonds is 8. The van der Waals surface area contributed by atoms with Crippen molar-refractivity contribution < 1.29 is 54.7 Å². The summed E-state index contributed by atoms with van der Waals surface area (Å²) in [4.78, 5) is 21.4. The first kappa shape index (κ1) is 43.8. The Morgan fingerprint density at radius 1 is 0.578 bits per heavy atom. The molecule has 0 radical (unpaired) electrons. The van der Waals surface area contributed by atoms with Crippen LogP contribution in [-0.2, 0) is 69.2 Å². The van der Waals surface area contributed by atoms with Gasteiger partial charge in [0.15, 0.2) is 0 Å². The van der Waals surface area contributed by atoms with Crippen LogP contribution in [0.15, 0.2) is 24.3 Å². The van der Waals surface area contributed by atoms with Gasteiger partial charge in [-0.05, 0) is 81.7 Å². The minimum Gasteiger partial charge on any atom is -0.781 e. The van der Waals surface area contributed by atoms with Crippen molar-refractivity contribution in [3.63, 3.8) is 0 Å². The number of phenols is 2. The third-order valence-electron chi connectivity index (χ3n) is 7.21. The van der Waals surface area contributed by atoms with Gasteiger partial charge in [0.2, 0.25) is 0 Å². The predicted octanol–water partition coefficient (Wildman–Crippen LogP) is 7.37. The Morgan fingerprint density at radius 2 is 0.778 bits per heavy atom. The van der Waals surface area contributed by atoms with Crippen LogP contribution >= 0.6 is 16.5 Å². The van der Waals surface area contributed by atoms with Crippen LogP contribution < -0.4 is 9.79 Å². The normalized spacial score (nSPS) is 15.3. The molecule has 4 atom stereocenters. The zero-order valence-electron chi connectivity index (χ0n) is 29.5. The number of phenolic OH excluding ortho intramolecular Hbond substituents is 2. The zero-order chi connectivity index (χ0) is 34.6. The average molecular weight is 713 g/mol. The molecule has 0 saturated carbocycles. The quantitative estimate of drug-likeness (QED) is 0.214. The molecule has 2 aromatic rings. The van der Waals surface area contributed by atoms with E-state index in [4.69, 9.17) is 9.05 Å². The minimum atomic E-state index is -3.19. The molecule has 260 valence electrons. The summed E-state index contributed by atoms with van der Waals surface area (Å²) >= 11 is 0. The minimum absolute atomic E-state index is 0. The Hall–Kier alpha value is -1.17. The molecule has 2 rings (SSSR count). The van der Waals surface area contributed by atoms with Crippen LogP contribution in [0.2, 0.25) is 0 Å². The standard InChI is InChI=1S/2C17H29O4P.Ni/c2*1-11(21-22(19)20)8-12-9-13(16(2,3)4)15(18)14(10-12)17(5,6)7;/h2*9-11,18,22H,8H2,1-7H3,(H,19,20);/q;;+2/p-2. The van der Waals surface area contributed by atoms with E-state index < -0.39 is 28.7 Å². The van der Waals surface area contributed by atoms with E-state index in [1.807, 2.05) is 24.3 Å². The van der Waals surface area contributed by atoms with Crippen LogP contribution in [0.4, 0.5) is 0 Å². The van der Waals surface area contributed by atoms with Crippen LogP contribution in [0.3, 0.4) is 0 Å². The van der Waals surface area contributed by atoms with Crippen molar-refractivity contribution in [2.75, 3.05) is 0 Å². The summed E-state index contributed by atoms with van der Waals surface area (Å²) in [5, 5.41) is 21.3. The molecule has 0 aliphatic heterocycles. The summed E-state index contributed by atoms with van der Waals surface area (Å²) in [6.45, 7) is 28.1. The second-order valence-corrected chi connectivity index (χ2v) is 17.3. The molecule has 0 spiro atoms. The Balaban J connectivity index is 0.000000842. The monoisotopic (exact) mass is 712 g/mol. The second kappa shape index (κ2) is 16.8. The summed E-state index contributed by atoms with van der Waals surface area (Å²) < 4.78 is 31.2. The SMILES string of the molecule is CC(Cc1cc(C(C)(C)C)c(O)c(C(C)(C)C)c1)O[PH](=O)[O-].CC(Cc1cc(C(C)(C)C)c(O)c(C(C)(C)C)c1)O[PH](=O)[O-].[Ni+2]. The second-order valence-electron chi connectivity index (χ2n) is 15.8. The first-order valence-electron chi connectivity index (χ1n) is 15.1. The van der Waals surface area contributed by atoms with Crippen LogP contribution in [0.5, 0.6) is 11.5 Å². The Kier molecular flexibility index (Phi) is 16.3. The molecule has 0 bridgehead atoms. The summed E-state index contributed by atoms with van der Waals surface area (Å²) in [6.07, 6.45) is 0.166. The summed E-state index contributed by atoms with van der Waals surface area (Å²) in [6, 6.07) is 7.80. The third-order valence-corrected chi connectivity index (χ3v) is 8.40. The van der Waals surface area contributed by atoms with Gasteiger partial charge < -0.3 is 38.2 Å². The van der Waals surface area contributed by atoms with Gasteiger partial charge in [-0.25, -0.2) is 0 Å². The number of hydrogen-bond acceptors (Lipinski definition) is 8. The first-order chi connectivity index (χ1) is 19.6. The number of aromatic hydroxyl groups is 2. The molecular weight excluding hydrogens is 657 g/mol. The molecule has 0 saturated heterocycles. The van der Waals surface area contributed by atoms with Crippen molar-refractivity contribution in [3.05, 3.63) is 57.6 Å². The number of benzene rings is 2. The van der Waals surface area contributed by atoms with Crippen LogP contribution in [0.1, 0.15) is 130 Å². The van der Waals surface area contributed by atoms with Crippen molar-refractivity contribution in [3.8, 4) is 11.5 Å². The molecule has 45 heavy (non-hydrogen) atoms. The molecule has 0 heterocycles. The number of hydrogen-bond donors (Lipinski definition) is 2. The average Bonchev–Trinajstić information content (AvgIpc) is 2.77. The van der Waals surface area contributed by atoms with E-state index >= 15 is 0 Å². The Bertz CT molecular complexity index is 1140. The van der Waals surface area contributed by atoms with Gasteiger partial charge in [-0.3, -0.25) is 0 Å². The van der Waals surface area contributed by atoms with E-state index in [0.717, 1.165) is 33.4 Å². The van der Waals surface area contributed by atoms with Gasteiger partial charge in [0.05, 0.1) is 12.2 Å². The molecule has 0 aliphatic rings. The Labute approximate surface area is 283 Å². The van der Waals surface area contributed by atoms with E-state index in [0.29, 0.717) is 24.3 Å². The zero-order valence-corrected chi connectivity index (χ0v) is 32.5. The van der Waals surface area contributed by atoms with E-state index in [-0.39, 0.29) is 38.2 Å². The van der Waals surface area contributed by atoms with Gasteiger partial charge in [0, 0.05) is 0 Å². The van der Waals surface area contributed by atoms with Crippen molar-refractivity contribution in [1.82, 2.24) is 0 Å². The van der Waals surface area contributed by atoms with Crippen LogP contribution in [-0.4, -0.2) is 22.4 Å². The van der Waals surface area contributed by atoms with Gasteiger partial charge in [-0.2, -0.15) is 0 Å². The van der Waals surface area contributed by atoms with Gasteiger partial charge >= 0.3 is 16.5 Å². The van der Waals surface area contributed by atoms with E-state index in [1.54, 1.807) is 13.8 Å². The third kappa shape index (κ3) is 14.2.